The highest BCUT2D eigenvalue weighted by Gasteiger charge is 2.25. The molecule has 1 aliphatic rings. The third kappa shape index (κ3) is 4.07. The van der Waals surface area contributed by atoms with E-state index in [0.717, 1.165) is 25.7 Å². The van der Waals surface area contributed by atoms with E-state index < -0.39 is 12.1 Å². The van der Waals surface area contributed by atoms with Crippen molar-refractivity contribution in [3.05, 3.63) is 22.4 Å². The summed E-state index contributed by atoms with van der Waals surface area (Å²) < 4.78 is 5.31. The van der Waals surface area contributed by atoms with Gasteiger partial charge < -0.3 is 10.1 Å². The number of esters is 1. The summed E-state index contributed by atoms with van der Waals surface area (Å²) >= 11 is 1.32. The number of ether oxygens (including phenoxy) is 1. The Bertz CT molecular complexity index is 438. The van der Waals surface area contributed by atoms with Crippen LogP contribution in [-0.4, -0.2) is 24.0 Å². The summed E-state index contributed by atoms with van der Waals surface area (Å²) in [5.74, 6) is -0.574. The number of thiophene rings is 1. The van der Waals surface area contributed by atoms with Crippen LogP contribution < -0.4 is 5.32 Å². The molecule has 0 aromatic carbocycles. The highest BCUT2D eigenvalue weighted by Crippen LogP contribution is 2.18. The predicted molar refractivity (Wildman–Crippen MR) is 78.8 cm³/mol. The molecule has 20 heavy (non-hydrogen) atoms. The van der Waals surface area contributed by atoms with E-state index in [4.69, 9.17) is 4.74 Å². The molecule has 0 unspecified atom stereocenters. The number of nitrogens with one attached hydrogen (secondary N) is 1. The van der Waals surface area contributed by atoms with E-state index >= 15 is 0 Å². The van der Waals surface area contributed by atoms with Crippen molar-refractivity contribution < 1.29 is 14.3 Å². The summed E-state index contributed by atoms with van der Waals surface area (Å²) in [4.78, 5) is 24.6. The molecule has 0 aliphatic heterocycles. The number of carbonyl (C=O) groups excluding carboxylic acids is 2. The van der Waals surface area contributed by atoms with Crippen LogP contribution in [0.25, 0.3) is 0 Å². The van der Waals surface area contributed by atoms with Gasteiger partial charge in [0, 0.05) is 6.04 Å². The standard InChI is InChI=1S/C15H21NO3S/c1-2-12(19-15(18)13-9-6-10-20-13)14(17)16-11-7-4-3-5-8-11/h6,9-12H,2-5,7-8H2,1H3,(H,16,17)/t12-/m1/s1. The first kappa shape index (κ1) is 15.0. The van der Waals surface area contributed by atoms with Crippen LogP contribution in [0, 0.1) is 0 Å². The molecule has 0 bridgehead atoms. The van der Waals surface area contributed by atoms with Gasteiger partial charge in [0.2, 0.25) is 0 Å². The third-order valence-corrected chi connectivity index (χ3v) is 4.44. The molecule has 1 aromatic heterocycles. The smallest absolute Gasteiger partial charge is 0.349 e. The van der Waals surface area contributed by atoms with Crippen LogP contribution in [0.2, 0.25) is 0 Å². The van der Waals surface area contributed by atoms with Crippen molar-refractivity contribution in [3.8, 4) is 0 Å². The molecule has 5 heteroatoms. The van der Waals surface area contributed by atoms with Crippen LogP contribution in [-0.2, 0) is 9.53 Å². The van der Waals surface area contributed by atoms with Gasteiger partial charge in [0.1, 0.15) is 4.88 Å². The SMILES string of the molecule is CC[C@@H](OC(=O)c1cccs1)C(=O)NC1CCCCC1. The molecule has 1 N–H and O–H groups in total. The summed E-state index contributed by atoms with van der Waals surface area (Å²) in [7, 11) is 0. The lowest BCUT2D eigenvalue weighted by molar-refractivity contribution is -0.131. The van der Waals surface area contributed by atoms with E-state index in [1.807, 2.05) is 12.3 Å². The van der Waals surface area contributed by atoms with Gasteiger partial charge in [-0.3, -0.25) is 4.79 Å². The zero-order valence-corrected chi connectivity index (χ0v) is 12.6. The quantitative estimate of drug-likeness (QED) is 0.849. The zero-order chi connectivity index (χ0) is 14.4. The second kappa shape index (κ2) is 7.43. The van der Waals surface area contributed by atoms with Crippen molar-refractivity contribution in [2.45, 2.75) is 57.6 Å². The second-order valence-corrected chi connectivity index (χ2v) is 6.07. The van der Waals surface area contributed by atoms with E-state index in [2.05, 4.69) is 5.32 Å². The van der Waals surface area contributed by atoms with Gasteiger partial charge in [-0.2, -0.15) is 0 Å². The Hall–Kier alpha value is -1.36. The molecular weight excluding hydrogens is 274 g/mol. The molecule has 2 rings (SSSR count). The molecule has 1 saturated carbocycles. The van der Waals surface area contributed by atoms with Gasteiger partial charge in [-0.25, -0.2) is 4.79 Å². The van der Waals surface area contributed by atoms with Gasteiger partial charge in [0.05, 0.1) is 0 Å². The number of carbonyl (C=O) groups is 2. The van der Waals surface area contributed by atoms with Gasteiger partial charge in [0.15, 0.2) is 6.10 Å². The Balaban J connectivity index is 1.86. The van der Waals surface area contributed by atoms with Crippen LogP contribution in [0.1, 0.15) is 55.1 Å². The number of amides is 1. The van der Waals surface area contributed by atoms with Crippen molar-refractivity contribution in [2.24, 2.45) is 0 Å². The van der Waals surface area contributed by atoms with Crippen LogP contribution in [0.4, 0.5) is 0 Å². The maximum Gasteiger partial charge on any atom is 0.349 e. The van der Waals surface area contributed by atoms with Crippen molar-refractivity contribution in [1.82, 2.24) is 5.32 Å². The Kier molecular flexibility index (Phi) is 5.59. The molecule has 1 fully saturated rings. The Morgan fingerprint density at radius 2 is 2.15 bits per heavy atom. The van der Waals surface area contributed by atoms with Gasteiger partial charge in [0.25, 0.3) is 5.91 Å². The second-order valence-electron chi connectivity index (χ2n) is 5.12. The molecule has 110 valence electrons. The molecule has 1 heterocycles. The third-order valence-electron chi connectivity index (χ3n) is 3.59. The summed E-state index contributed by atoms with van der Waals surface area (Å²) in [6.45, 7) is 1.85. The van der Waals surface area contributed by atoms with E-state index in [1.165, 1.54) is 17.8 Å². The van der Waals surface area contributed by atoms with Gasteiger partial charge in [-0.15, -0.1) is 11.3 Å². The lowest BCUT2D eigenvalue weighted by atomic mass is 9.95. The molecule has 0 saturated heterocycles. The first-order valence-corrected chi connectivity index (χ1v) is 8.13. The number of rotatable bonds is 5. The van der Waals surface area contributed by atoms with Crippen molar-refractivity contribution in [3.63, 3.8) is 0 Å². The Morgan fingerprint density at radius 1 is 1.40 bits per heavy atom. The summed E-state index contributed by atoms with van der Waals surface area (Å²) in [5, 5.41) is 4.83. The first-order valence-electron chi connectivity index (χ1n) is 7.25. The van der Waals surface area contributed by atoms with Crippen LogP contribution >= 0.6 is 11.3 Å². The Morgan fingerprint density at radius 3 is 2.75 bits per heavy atom. The maximum atomic E-state index is 12.2. The molecule has 4 nitrogen and oxygen atoms in total. The fraction of sp³-hybridized carbons (Fsp3) is 0.600. The van der Waals surface area contributed by atoms with Crippen molar-refractivity contribution in [1.29, 1.82) is 0 Å². The summed E-state index contributed by atoms with van der Waals surface area (Å²) in [6.07, 6.45) is 5.44. The fourth-order valence-electron chi connectivity index (χ4n) is 2.45. The van der Waals surface area contributed by atoms with E-state index in [1.54, 1.807) is 12.1 Å². The highest BCUT2D eigenvalue weighted by molar-refractivity contribution is 7.11. The predicted octanol–water partition coefficient (Wildman–Crippen LogP) is 3.13. The minimum Gasteiger partial charge on any atom is -0.448 e. The molecule has 0 radical (unpaired) electrons. The van der Waals surface area contributed by atoms with Crippen molar-refractivity contribution in [2.75, 3.05) is 0 Å². The minimum absolute atomic E-state index is 0.163. The lowest BCUT2D eigenvalue weighted by Gasteiger charge is -2.25. The van der Waals surface area contributed by atoms with E-state index in [0.29, 0.717) is 11.3 Å². The number of hydrogen-bond acceptors (Lipinski definition) is 4. The largest absolute Gasteiger partial charge is 0.448 e. The summed E-state index contributed by atoms with van der Waals surface area (Å²) in [6, 6.07) is 3.74. The topological polar surface area (TPSA) is 55.4 Å². The van der Waals surface area contributed by atoms with Crippen LogP contribution in [0.3, 0.4) is 0 Å². The van der Waals surface area contributed by atoms with Gasteiger partial charge >= 0.3 is 5.97 Å². The van der Waals surface area contributed by atoms with E-state index in [9.17, 15) is 9.59 Å². The van der Waals surface area contributed by atoms with Gasteiger partial charge in [-0.05, 0) is 30.7 Å². The molecule has 0 spiro atoms. The van der Waals surface area contributed by atoms with Crippen molar-refractivity contribution >= 4 is 23.2 Å². The molecule has 1 aromatic rings. The first-order chi connectivity index (χ1) is 9.70. The monoisotopic (exact) mass is 295 g/mol. The molecule has 1 atom stereocenters. The lowest BCUT2D eigenvalue weighted by Crippen LogP contribution is -2.43. The summed E-state index contributed by atoms with van der Waals surface area (Å²) in [5.41, 5.74) is 0. The Labute approximate surface area is 123 Å². The fourth-order valence-corrected chi connectivity index (χ4v) is 3.05. The van der Waals surface area contributed by atoms with Gasteiger partial charge in [-0.1, -0.05) is 32.3 Å². The molecule has 1 amide bonds. The minimum atomic E-state index is -0.688. The zero-order valence-electron chi connectivity index (χ0n) is 11.8. The highest BCUT2D eigenvalue weighted by atomic mass is 32.1. The van der Waals surface area contributed by atoms with Crippen LogP contribution in [0.5, 0.6) is 0 Å². The average molecular weight is 295 g/mol. The average Bonchev–Trinajstić information content (AvgIpc) is 2.99. The molecule has 1 aliphatic carbocycles. The normalized spacial score (nSPS) is 17.4. The maximum absolute atomic E-state index is 12.2. The number of hydrogen-bond donors (Lipinski definition) is 1. The van der Waals surface area contributed by atoms with E-state index in [-0.39, 0.29) is 11.9 Å². The molecular formula is C15H21NO3S. The van der Waals surface area contributed by atoms with Crippen LogP contribution in [0.15, 0.2) is 17.5 Å².